The van der Waals surface area contributed by atoms with Crippen LogP contribution in [0.1, 0.15) is 23.1 Å². The second kappa shape index (κ2) is 11.1. The lowest BCUT2D eigenvalue weighted by Crippen LogP contribution is -2.65. The molecule has 7 N–H and O–H groups in total. The number of amides is 1. The number of carbonyl (C=O) groups excluding carboxylic acids is 3. The van der Waals surface area contributed by atoms with E-state index in [1.807, 2.05) is 19.0 Å². The fourth-order valence-electron chi connectivity index (χ4n) is 6.47. The number of rotatable bonds is 9. The highest BCUT2D eigenvalue weighted by molar-refractivity contribution is 6.24. The number of nitrogens with one attached hydrogen (secondary N) is 1. The molecule has 0 bridgehead atoms. The zero-order valence-electron chi connectivity index (χ0n) is 24.0. The van der Waals surface area contributed by atoms with Crippen molar-refractivity contribution in [3.8, 4) is 5.75 Å². The first kappa shape index (κ1) is 30.5. The van der Waals surface area contributed by atoms with E-state index >= 15 is 0 Å². The van der Waals surface area contributed by atoms with Crippen molar-refractivity contribution in [1.82, 2.24) is 10.2 Å². The van der Waals surface area contributed by atoms with Crippen LogP contribution in [-0.4, -0.2) is 110 Å². The number of likely N-dealkylation sites (N-methyl/N-ethyl adjacent to an activating group) is 1. The molecule has 224 valence electrons. The lowest BCUT2D eigenvalue weighted by atomic mass is 9.57. The Morgan fingerprint density at radius 3 is 2.34 bits per heavy atom. The first-order chi connectivity index (χ1) is 19.2. The van der Waals surface area contributed by atoms with Gasteiger partial charge in [-0.1, -0.05) is 0 Å². The molecule has 3 aliphatic rings. The van der Waals surface area contributed by atoms with Crippen LogP contribution in [0.5, 0.6) is 5.75 Å². The molecular weight excluding hydrogens is 536 g/mol. The van der Waals surface area contributed by atoms with Crippen molar-refractivity contribution in [2.75, 3.05) is 53.9 Å². The van der Waals surface area contributed by atoms with Crippen LogP contribution in [-0.2, 0) is 36.8 Å². The zero-order chi connectivity index (χ0) is 30.5. The number of aliphatic hydroxyl groups excluding tert-OH is 2. The number of aromatic hydroxyl groups is 1. The summed E-state index contributed by atoms with van der Waals surface area (Å²) >= 11 is 0. The Bertz CT molecular complexity index is 1350. The maximum Gasteiger partial charge on any atom is 0.255 e. The van der Waals surface area contributed by atoms with Gasteiger partial charge >= 0.3 is 0 Å². The van der Waals surface area contributed by atoms with Crippen molar-refractivity contribution < 1.29 is 44.3 Å². The van der Waals surface area contributed by atoms with Crippen LogP contribution >= 0.6 is 0 Å². The van der Waals surface area contributed by atoms with E-state index in [9.17, 15) is 34.8 Å². The largest absolute Gasteiger partial charge is 0.508 e. The van der Waals surface area contributed by atoms with Crippen LogP contribution in [0.2, 0.25) is 0 Å². The van der Waals surface area contributed by atoms with Gasteiger partial charge in [-0.2, -0.15) is 0 Å². The standard InChI is InChI=1S/C28H38N4O9/c1-31(2)16-9-13(10-30-11-17(40-5)41-6)22(33)19-14(16)7-12-8-15-21(32(3)4)24(35)20(27(29)38)26(37)28(15,39)25(36)18(12)23(19)34/h9,12,15,17,21,30,33-34,37,39H,7-8,10-11H2,1-6H3,(H2,29,38). The van der Waals surface area contributed by atoms with Gasteiger partial charge in [0.15, 0.2) is 17.7 Å². The Kier molecular flexibility index (Phi) is 8.22. The molecule has 13 heteroatoms. The molecule has 1 fully saturated rings. The second-order valence-electron chi connectivity index (χ2n) is 11.1. The summed E-state index contributed by atoms with van der Waals surface area (Å²) in [7, 11) is 9.75. The molecule has 4 unspecified atom stereocenters. The molecule has 1 amide bonds. The Morgan fingerprint density at radius 2 is 1.80 bits per heavy atom. The van der Waals surface area contributed by atoms with Crippen molar-refractivity contribution in [1.29, 1.82) is 0 Å². The molecule has 0 saturated heterocycles. The van der Waals surface area contributed by atoms with Gasteiger partial charge in [0.1, 0.15) is 22.8 Å². The average molecular weight is 575 g/mol. The van der Waals surface area contributed by atoms with Crippen LogP contribution in [0.4, 0.5) is 5.69 Å². The van der Waals surface area contributed by atoms with Gasteiger partial charge in [0.2, 0.25) is 5.78 Å². The molecule has 1 aromatic carbocycles. The number of benzene rings is 1. The first-order valence-electron chi connectivity index (χ1n) is 13.2. The highest BCUT2D eigenvalue weighted by Crippen LogP contribution is 2.54. The molecule has 1 aromatic rings. The summed E-state index contributed by atoms with van der Waals surface area (Å²) in [6.45, 7) is 0.482. The molecule has 41 heavy (non-hydrogen) atoms. The van der Waals surface area contributed by atoms with Crippen molar-refractivity contribution in [3.63, 3.8) is 0 Å². The number of primary amides is 1. The van der Waals surface area contributed by atoms with Gasteiger partial charge < -0.3 is 45.9 Å². The number of methoxy groups -OCH3 is 2. The third-order valence-corrected chi connectivity index (χ3v) is 8.41. The van der Waals surface area contributed by atoms with Gasteiger partial charge in [0.05, 0.1) is 11.6 Å². The Hall–Kier alpha value is -3.49. The number of hydrogen-bond acceptors (Lipinski definition) is 12. The van der Waals surface area contributed by atoms with E-state index < -0.39 is 64.3 Å². The SMILES string of the molecule is COC(CNCc1cc(N(C)C)c2c(c1O)C(O)=C1C(=O)C3(O)C(O)=C(C(N)=O)C(=O)C(N(C)C)C3CC1C2)OC. The summed E-state index contributed by atoms with van der Waals surface area (Å²) in [5.74, 6) is -6.79. The van der Waals surface area contributed by atoms with Crippen LogP contribution in [0.3, 0.4) is 0 Å². The van der Waals surface area contributed by atoms with Crippen LogP contribution < -0.4 is 16.0 Å². The number of Topliss-reactive ketones (excluding diaryl/α,β-unsaturated/α-hetero) is 2. The van der Waals surface area contributed by atoms with Gasteiger partial charge in [0, 0.05) is 64.1 Å². The summed E-state index contributed by atoms with van der Waals surface area (Å²) < 4.78 is 10.4. The monoisotopic (exact) mass is 574 g/mol. The number of hydrogen-bond donors (Lipinski definition) is 6. The predicted octanol–water partition coefficient (Wildman–Crippen LogP) is -0.261. The number of aliphatic hydroxyl groups is 3. The minimum absolute atomic E-state index is 0.0259. The topological polar surface area (TPSA) is 195 Å². The molecule has 0 aliphatic heterocycles. The van der Waals surface area contributed by atoms with Crippen molar-refractivity contribution in [2.45, 2.75) is 37.3 Å². The minimum Gasteiger partial charge on any atom is -0.508 e. The lowest BCUT2D eigenvalue weighted by molar-refractivity contribution is -0.153. The van der Waals surface area contributed by atoms with E-state index in [2.05, 4.69) is 5.32 Å². The molecule has 13 nitrogen and oxygen atoms in total. The molecular formula is C28H38N4O9. The van der Waals surface area contributed by atoms with Crippen LogP contribution in [0.25, 0.3) is 5.76 Å². The number of nitrogens with two attached hydrogens (primary N) is 1. The molecule has 1 saturated carbocycles. The predicted molar refractivity (Wildman–Crippen MR) is 148 cm³/mol. The summed E-state index contributed by atoms with van der Waals surface area (Å²) in [4.78, 5) is 42.7. The third kappa shape index (κ3) is 4.67. The first-order valence-corrected chi connectivity index (χ1v) is 13.2. The van der Waals surface area contributed by atoms with Crippen molar-refractivity contribution in [3.05, 3.63) is 39.7 Å². The van der Waals surface area contributed by atoms with E-state index in [-0.39, 0.29) is 36.3 Å². The minimum atomic E-state index is -2.68. The summed E-state index contributed by atoms with van der Waals surface area (Å²) in [6, 6.07) is 0.654. The fourth-order valence-corrected chi connectivity index (χ4v) is 6.47. The quantitative estimate of drug-likeness (QED) is 0.167. The van der Waals surface area contributed by atoms with E-state index in [1.54, 1.807) is 20.2 Å². The molecule has 0 aromatic heterocycles. The normalized spacial score (nSPS) is 25.9. The fraction of sp³-hybridized carbons (Fsp3) is 0.536. The number of fused-ring (bicyclic) bond motifs is 3. The van der Waals surface area contributed by atoms with E-state index in [0.29, 0.717) is 23.4 Å². The lowest BCUT2D eigenvalue weighted by Gasteiger charge is -2.50. The van der Waals surface area contributed by atoms with E-state index in [4.69, 9.17) is 15.2 Å². The highest BCUT2D eigenvalue weighted by atomic mass is 16.7. The van der Waals surface area contributed by atoms with Gasteiger partial charge in [-0.15, -0.1) is 0 Å². The second-order valence-corrected chi connectivity index (χ2v) is 11.1. The highest BCUT2D eigenvalue weighted by Gasteiger charge is 2.64. The maximum atomic E-state index is 14.0. The zero-order valence-corrected chi connectivity index (χ0v) is 24.0. The molecule has 0 radical (unpaired) electrons. The number of phenols is 1. The van der Waals surface area contributed by atoms with Crippen molar-refractivity contribution in [2.24, 2.45) is 17.6 Å². The van der Waals surface area contributed by atoms with Gasteiger partial charge in [-0.05, 0) is 44.5 Å². The van der Waals surface area contributed by atoms with Gasteiger partial charge in [-0.3, -0.25) is 19.3 Å². The van der Waals surface area contributed by atoms with E-state index in [0.717, 1.165) is 0 Å². The molecule has 0 spiro atoms. The third-order valence-electron chi connectivity index (χ3n) is 8.41. The van der Waals surface area contributed by atoms with E-state index in [1.165, 1.54) is 19.1 Å². The number of anilines is 1. The Labute approximate surface area is 237 Å². The van der Waals surface area contributed by atoms with Crippen LogP contribution in [0, 0.1) is 11.8 Å². The van der Waals surface area contributed by atoms with Crippen LogP contribution in [0.15, 0.2) is 23.0 Å². The van der Waals surface area contributed by atoms with Crippen molar-refractivity contribution >= 4 is 28.9 Å². The molecule has 4 rings (SSSR count). The summed E-state index contributed by atoms with van der Waals surface area (Å²) in [5, 5.41) is 48.8. The summed E-state index contributed by atoms with van der Waals surface area (Å²) in [5.41, 5.74) is 3.42. The number of ether oxygens (including phenoxy) is 2. The van der Waals surface area contributed by atoms with Gasteiger partial charge in [-0.25, -0.2) is 0 Å². The average Bonchev–Trinajstić information content (AvgIpc) is 2.89. The maximum absolute atomic E-state index is 14.0. The number of nitrogens with zero attached hydrogens (tertiary/aromatic N) is 2. The molecule has 3 aliphatic carbocycles. The Balaban J connectivity index is 1.88. The van der Waals surface area contributed by atoms with Gasteiger partial charge in [0.25, 0.3) is 5.91 Å². The molecule has 0 heterocycles. The smallest absolute Gasteiger partial charge is 0.255 e. The molecule has 4 atom stereocenters. The summed E-state index contributed by atoms with van der Waals surface area (Å²) in [6.07, 6.45) is -0.288. The number of ketones is 2. The number of phenolic OH excluding ortho intramolecular Hbond substituents is 1. The Morgan fingerprint density at radius 1 is 1.17 bits per heavy atom. The number of carbonyl (C=O) groups is 3.